The average molecular weight is 495 g/mol. The summed E-state index contributed by atoms with van der Waals surface area (Å²) in [4.78, 5) is 26.3. The minimum absolute atomic E-state index is 0.157. The van der Waals surface area contributed by atoms with Gasteiger partial charge in [-0.1, -0.05) is 116 Å². The summed E-state index contributed by atoms with van der Waals surface area (Å²) >= 11 is 0. The normalized spacial score (nSPS) is 17.4. The number of imide groups is 1. The third-order valence-electron chi connectivity index (χ3n) is 7.07. The highest BCUT2D eigenvalue weighted by Crippen LogP contribution is 2.23. The number of hydrogen-bond acceptors (Lipinski definition) is 4. The van der Waals surface area contributed by atoms with Gasteiger partial charge >= 0.3 is 6.09 Å². The highest BCUT2D eigenvalue weighted by Gasteiger charge is 2.40. The van der Waals surface area contributed by atoms with E-state index < -0.39 is 6.09 Å². The van der Waals surface area contributed by atoms with Gasteiger partial charge in [-0.15, -0.1) is 0 Å². The molecule has 1 heterocycles. The molecule has 0 aromatic heterocycles. The van der Waals surface area contributed by atoms with Crippen LogP contribution in [0.4, 0.5) is 4.79 Å². The van der Waals surface area contributed by atoms with Crippen LogP contribution in [0.2, 0.25) is 0 Å². The van der Waals surface area contributed by atoms with Crippen LogP contribution < -0.4 is 5.32 Å². The fourth-order valence-electron chi connectivity index (χ4n) is 5.36. The lowest BCUT2D eigenvalue weighted by molar-refractivity contribution is -0.130. The summed E-state index contributed by atoms with van der Waals surface area (Å²) in [6, 6.07) is 0. The zero-order valence-corrected chi connectivity index (χ0v) is 24.0. The maximum Gasteiger partial charge on any atom is 0.416 e. The molecular weight excluding hydrogens is 436 g/mol. The van der Waals surface area contributed by atoms with E-state index in [0.29, 0.717) is 19.6 Å². The first-order valence-corrected chi connectivity index (χ1v) is 14.9. The number of amides is 2. The van der Waals surface area contributed by atoms with E-state index in [4.69, 9.17) is 4.74 Å². The van der Waals surface area contributed by atoms with Gasteiger partial charge in [0, 0.05) is 24.0 Å². The zero-order valence-electron chi connectivity index (χ0n) is 24.0. The van der Waals surface area contributed by atoms with Crippen molar-refractivity contribution in [3.05, 3.63) is 0 Å². The molecule has 35 heavy (non-hydrogen) atoms. The Morgan fingerprint density at radius 1 is 0.714 bits per heavy atom. The summed E-state index contributed by atoms with van der Waals surface area (Å²) in [5.74, 6) is -0.157. The van der Waals surface area contributed by atoms with E-state index in [2.05, 4.69) is 12.2 Å². The summed E-state index contributed by atoms with van der Waals surface area (Å²) in [5, 5.41) is 3.47. The number of carbonyl (C=O) groups excluding carboxylic acids is 2. The number of nitrogens with one attached hydrogen (secondary N) is 1. The van der Waals surface area contributed by atoms with Gasteiger partial charge in [-0.05, 0) is 34.1 Å². The van der Waals surface area contributed by atoms with Gasteiger partial charge in [-0.3, -0.25) is 4.79 Å². The lowest BCUT2D eigenvalue weighted by atomic mass is 9.96. The minimum atomic E-state index is -0.491. The molecule has 5 heteroatoms. The minimum Gasteiger partial charge on any atom is -0.449 e. The molecule has 1 rings (SSSR count). The number of rotatable bonds is 19. The van der Waals surface area contributed by atoms with Crippen molar-refractivity contribution < 1.29 is 14.3 Å². The lowest BCUT2D eigenvalue weighted by Gasteiger charge is -2.33. The Morgan fingerprint density at radius 3 is 1.54 bits per heavy atom. The van der Waals surface area contributed by atoms with Crippen molar-refractivity contribution in [2.45, 2.75) is 168 Å². The van der Waals surface area contributed by atoms with Crippen molar-refractivity contribution in [2.24, 2.45) is 0 Å². The Morgan fingerprint density at radius 2 is 1.11 bits per heavy atom. The number of hydrogen-bond donors (Lipinski definition) is 1. The second kappa shape index (κ2) is 18.2. The Bertz CT molecular complexity index is 574. The van der Waals surface area contributed by atoms with Crippen LogP contribution in [-0.2, 0) is 9.53 Å². The number of carbonyl (C=O) groups is 2. The van der Waals surface area contributed by atoms with E-state index >= 15 is 0 Å². The lowest BCUT2D eigenvalue weighted by Crippen LogP contribution is -2.54. The summed E-state index contributed by atoms with van der Waals surface area (Å²) in [5.41, 5.74) is -0.662. The van der Waals surface area contributed by atoms with E-state index in [1.165, 1.54) is 108 Å². The largest absolute Gasteiger partial charge is 0.449 e. The SMILES string of the molecule is CCCCCCCCCCCCCCCCCCCCOC(=O)N1CC(C)(C)NC(C)(C)CC1=O. The van der Waals surface area contributed by atoms with Gasteiger partial charge in [-0.2, -0.15) is 0 Å². The van der Waals surface area contributed by atoms with Crippen molar-refractivity contribution in [1.29, 1.82) is 0 Å². The molecule has 2 amide bonds. The first-order valence-electron chi connectivity index (χ1n) is 14.9. The van der Waals surface area contributed by atoms with Crippen LogP contribution in [0.3, 0.4) is 0 Å². The van der Waals surface area contributed by atoms with Crippen molar-refractivity contribution in [3.8, 4) is 0 Å². The Labute approximate surface area is 217 Å². The molecule has 0 aliphatic carbocycles. The molecule has 1 aliphatic heterocycles. The highest BCUT2D eigenvalue weighted by molar-refractivity contribution is 5.92. The van der Waals surface area contributed by atoms with Gasteiger partial charge in [0.2, 0.25) is 5.91 Å². The van der Waals surface area contributed by atoms with Gasteiger partial charge in [0.15, 0.2) is 0 Å². The molecule has 206 valence electrons. The van der Waals surface area contributed by atoms with Crippen molar-refractivity contribution >= 4 is 12.0 Å². The van der Waals surface area contributed by atoms with Crippen LogP contribution in [0.5, 0.6) is 0 Å². The maximum atomic E-state index is 12.5. The standard InChI is InChI=1S/C30H58N2O3/c1-6-7-8-9-10-11-12-13-14-15-16-17-18-19-20-21-22-23-24-35-28(34)32-26-30(4,5)31-29(2,3)25-27(32)33/h31H,6-26H2,1-5H3. The smallest absolute Gasteiger partial charge is 0.416 e. The third-order valence-corrected chi connectivity index (χ3v) is 7.07. The predicted molar refractivity (Wildman–Crippen MR) is 148 cm³/mol. The summed E-state index contributed by atoms with van der Waals surface area (Å²) in [6.45, 7) is 11.1. The number of unbranched alkanes of at least 4 members (excludes halogenated alkanes) is 17. The molecule has 0 bridgehead atoms. The molecule has 1 N–H and O–H groups in total. The molecule has 1 aliphatic rings. The molecule has 5 nitrogen and oxygen atoms in total. The van der Waals surface area contributed by atoms with Gasteiger partial charge < -0.3 is 10.1 Å². The predicted octanol–water partition coefficient (Wildman–Crippen LogP) is 8.54. The fraction of sp³-hybridized carbons (Fsp3) is 0.933. The second-order valence-corrected chi connectivity index (χ2v) is 12.2. The van der Waals surface area contributed by atoms with E-state index in [1.54, 1.807) is 0 Å². The average Bonchev–Trinajstić information content (AvgIpc) is 2.86. The van der Waals surface area contributed by atoms with E-state index in [-0.39, 0.29) is 17.0 Å². The molecule has 1 fully saturated rings. The monoisotopic (exact) mass is 494 g/mol. The molecule has 0 atom stereocenters. The first-order chi connectivity index (χ1) is 16.7. The molecule has 0 unspecified atom stereocenters. The highest BCUT2D eigenvalue weighted by atomic mass is 16.6. The van der Waals surface area contributed by atoms with Gasteiger partial charge in [0.1, 0.15) is 0 Å². The van der Waals surface area contributed by atoms with Gasteiger partial charge in [0.25, 0.3) is 0 Å². The van der Waals surface area contributed by atoms with Crippen LogP contribution in [0.15, 0.2) is 0 Å². The number of ether oxygens (including phenoxy) is 1. The second-order valence-electron chi connectivity index (χ2n) is 12.2. The van der Waals surface area contributed by atoms with Crippen LogP contribution >= 0.6 is 0 Å². The summed E-state index contributed by atoms with van der Waals surface area (Å²) in [6.07, 6.45) is 23.9. The van der Waals surface area contributed by atoms with Crippen molar-refractivity contribution in [3.63, 3.8) is 0 Å². The molecular formula is C30H58N2O3. The van der Waals surface area contributed by atoms with Crippen LogP contribution in [-0.4, -0.2) is 41.1 Å². The summed E-state index contributed by atoms with van der Waals surface area (Å²) < 4.78 is 5.44. The topological polar surface area (TPSA) is 58.6 Å². The third kappa shape index (κ3) is 16.3. The van der Waals surface area contributed by atoms with Gasteiger partial charge in [-0.25, -0.2) is 9.69 Å². The Kier molecular flexibility index (Phi) is 16.6. The summed E-state index contributed by atoms with van der Waals surface area (Å²) in [7, 11) is 0. The molecule has 0 aromatic carbocycles. The molecule has 0 spiro atoms. The first kappa shape index (κ1) is 31.9. The molecule has 0 aromatic rings. The van der Waals surface area contributed by atoms with E-state index in [9.17, 15) is 9.59 Å². The van der Waals surface area contributed by atoms with Crippen molar-refractivity contribution in [2.75, 3.05) is 13.2 Å². The van der Waals surface area contributed by atoms with Crippen LogP contribution in [0.25, 0.3) is 0 Å². The zero-order chi connectivity index (χ0) is 26.0. The molecule has 1 saturated heterocycles. The van der Waals surface area contributed by atoms with Gasteiger partial charge in [0.05, 0.1) is 6.61 Å². The Balaban J connectivity index is 1.93. The van der Waals surface area contributed by atoms with E-state index in [1.807, 2.05) is 27.7 Å². The van der Waals surface area contributed by atoms with E-state index in [0.717, 1.165) is 12.8 Å². The van der Waals surface area contributed by atoms with Crippen LogP contribution in [0.1, 0.15) is 157 Å². The van der Waals surface area contributed by atoms with Crippen LogP contribution in [0, 0.1) is 0 Å². The quantitative estimate of drug-likeness (QED) is 0.183. The molecule has 0 radical (unpaired) electrons. The fourth-order valence-corrected chi connectivity index (χ4v) is 5.36. The Hall–Kier alpha value is -1.10. The maximum absolute atomic E-state index is 12.5. The molecule has 0 saturated carbocycles. The van der Waals surface area contributed by atoms with Crippen molar-refractivity contribution in [1.82, 2.24) is 10.2 Å². The number of nitrogens with zero attached hydrogens (tertiary/aromatic N) is 1.